The van der Waals surface area contributed by atoms with Gasteiger partial charge >= 0.3 is 0 Å². The smallest absolute Gasteiger partial charge is 0.140 e. The molecule has 0 fully saturated rings. The van der Waals surface area contributed by atoms with Gasteiger partial charge < -0.3 is 4.74 Å². The number of rotatable bonds is 1. The van der Waals surface area contributed by atoms with Crippen LogP contribution in [0.15, 0.2) is 158 Å². The van der Waals surface area contributed by atoms with Gasteiger partial charge in [-0.2, -0.15) is 0 Å². The summed E-state index contributed by atoms with van der Waals surface area (Å²) in [6.07, 6.45) is 0. The highest BCUT2D eigenvalue weighted by Crippen LogP contribution is 2.63. The third-order valence-corrected chi connectivity index (χ3v) is 11.7. The Balaban J connectivity index is 1.22. The fourth-order valence-corrected chi connectivity index (χ4v) is 9.50. The van der Waals surface area contributed by atoms with Crippen LogP contribution in [0.4, 0.5) is 0 Å². The second-order valence-corrected chi connectivity index (χ2v) is 14.4. The second kappa shape index (κ2) is 9.36. The summed E-state index contributed by atoms with van der Waals surface area (Å²) in [5, 5.41) is 4.93. The molecule has 49 heavy (non-hydrogen) atoms. The zero-order valence-corrected chi connectivity index (χ0v) is 27.4. The molecule has 1 heterocycles. The van der Waals surface area contributed by atoms with Crippen molar-refractivity contribution in [3.05, 3.63) is 191 Å². The fraction of sp³-hybridized carbons (Fsp3) is 0.0833. The summed E-state index contributed by atoms with van der Waals surface area (Å²) in [5.74, 6) is 1.87. The van der Waals surface area contributed by atoms with Gasteiger partial charge in [0.05, 0.1) is 5.41 Å². The average molecular weight is 625 g/mol. The van der Waals surface area contributed by atoms with Crippen molar-refractivity contribution < 1.29 is 4.74 Å². The minimum absolute atomic E-state index is 0.124. The van der Waals surface area contributed by atoms with Crippen LogP contribution in [0.2, 0.25) is 0 Å². The minimum atomic E-state index is -0.511. The highest BCUT2D eigenvalue weighted by molar-refractivity contribution is 6.04. The quantitative estimate of drug-likeness (QED) is 0.177. The van der Waals surface area contributed by atoms with Crippen LogP contribution in [0.25, 0.3) is 54.9 Å². The highest BCUT2D eigenvalue weighted by Gasteiger charge is 2.51. The Kier molecular flexibility index (Phi) is 5.17. The lowest BCUT2D eigenvalue weighted by molar-refractivity contribution is 0.442. The maximum atomic E-state index is 6.99. The van der Waals surface area contributed by atoms with E-state index < -0.39 is 5.41 Å². The van der Waals surface area contributed by atoms with E-state index in [0.29, 0.717) is 0 Å². The first-order valence-corrected chi connectivity index (χ1v) is 17.3. The fourth-order valence-electron chi connectivity index (χ4n) is 9.50. The van der Waals surface area contributed by atoms with Gasteiger partial charge in [0.25, 0.3) is 0 Å². The van der Waals surface area contributed by atoms with Gasteiger partial charge in [-0.25, -0.2) is 0 Å². The molecule has 0 radical (unpaired) electrons. The number of benzene rings is 8. The number of fused-ring (bicyclic) bond motifs is 15. The molecule has 0 bridgehead atoms. The van der Waals surface area contributed by atoms with E-state index in [1.807, 2.05) is 0 Å². The van der Waals surface area contributed by atoms with Gasteiger partial charge in [0, 0.05) is 21.9 Å². The van der Waals surface area contributed by atoms with Gasteiger partial charge in [-0.15, -0.1) is 0 Å². The van der Waals surface area contributed by atoms with Crippen molar-refractivity contribution in [2.75, 3.05) is 0 Å². The van der Waals surface area contributed by atoms with Crippen LogP contribution in [-0.4, -0.2) is 0 Å². The van der Waals surface area contributed by atoms with Gasteiger partial charge in [-0.05, 0) is 102 Å². The van der Waals surface area contributed by atoms with E-state index in [2.05, 4.69) is 172 Å². The molecule has 8 aromatic rings. The van der Waals surface area contributed by atoms with Crippen molar-refractivity contribution in [2.45, 2.75) is 24.7 Å². The zero-order chi connectivity index (χ0) is 32.5. The van der Waals surface area contributed by atoms with Gasteiger partial charge in [0.1, 0.15) is 11.5 Å². The molecule has 1 aliphatic heterocycles. The maximum Gasteiger partial charge on any atom is 0.140 e. The van der Waals surface area contributed by atoms with Crippen molar-refractivity contribution in [2.24, 2.45) is 0 Å². The van der Waals surface area contributed by atoms with Crippen molar-refractivity contribution in [3.63, 3.8) is 0 Å². The van der Waals surface area contributed by atoms with E-state index in [-0.39, 0.29) is 5.41 Å². The zero-order valence-electron chi connectivity index (χ0n) is 27.4. The summed E-state index contributed by atoms with van der Waals surface area (Å²) in [5.41, 5.74) is 14.9. The van der Waals surface area contributed by atoms with E-state index in [9.17, 15) is 0 Å². The molecule has 8 aromatic carbocycles. The number of para-hydroxylation sites is 1. The van der Waals surface area contributed by atoms with Crippen molar-refractivity contribution in [3.8, 4) is 44.9 Å². The first-order chi connectivity index (χ1) is 24.0. The molecule has 1 heteroatoms. The van der Waals surface area contributed by atoms with E-state index in [0.717, 1.165) is 16.9 Å². The average Bonchev–Trinajstić information content (AvgIpc) is 3.56. The van der Waals surface area contributed by atoms with E-state index in [1.54, 1.807) is 0 Å². The van der Waals surface area contributed by atoms with Crippen molar-refractivity contribution in [1.29, 1.82) is 0 Å². The molecular weight excluding hydrogens is 593 g/mol. The summed E-state index contributed by atoms with van der Waals surface area (Å²) in [6.45, 7) is 4.76. The van der Waals surface area contributed by atoms with Gasteiger partial charge in [-0.1, -0.05) is 141 Å². The lowest BCUT2D eigenvalue weighted by atomic mass is 9.65. The standard InChI is InChI=1S/C48H32O/c1-47(2)42-27-31(23-24-35(42)38-25-29-13-3-4-14-30(29)26-43(38)47)37-28-44-46(36-18-6-5-15-32(36)37)49-45-22-12-11-21-41(45)48(44)39-19-9-7-16-33(39)34-17-8-10-20-40(34)48/h3-28H,1-2H3. The molecule has 230 valence electrons. The van der Waals surface area contributed by atoms with Crippen LogP contribution >= 0.6 is 0 Å². The molecule has 2 aliphatic carbocycles. The topological polar surface area (TPSA) is 9.23 Å². The molecule has 0 atom stereocenters. The molecule has 0 unspecified atom stereocenters. The Labute approximate surface area is 286 Å². The molecule has 11 rings (SSSR count). The molecule has 0 N–H and O–H groups in total. The summed E-state index contributed by atoms with van der Waals surface area (Å²) >= 11 is 0. The maximum absolute atomic E-state index is 6.99. The van der Waals surface area contributed by atoms with Gasteiger partial charge in [-0.3, -0.25) is 0 Å². The van der Waals surface area contributed by atoms with Crippen molar-refractivity contribution >= 4 is 21.5 Å². The highest BCUT2D eigenvalue weighted by atomic mass is 16.5. The van der Waals surface area contributed by atoms with E-state index >= 15 is 0 Å². The molecule has 1 spiro atoms. The SMILES string of the molecule is CC1(C)c2cc(-c3cc4c(c5ccccc35)Oc3ccccc3C43c4ccccc4-c4ccccc43)ccc2-c2cc3ccccc3cc21. The largest absolute Gasteiger partial charge is 0.456 e. The molecule has 0 amide bonds. The van der Waals surface area contributed by atoms with Crippen molar-refractivity contribution in [1.82, 2.24) is 0 Å². The third-order valence-electron chi connectivity index (χ3n) is 11.7. The Morgan fingerprint density at radius 2 is 0.959 bits per heavy atom. The van der Waals surface area contributed by atoms with Crippen LogP contribution in [-0.2, 0) is 10.8 Å². The van der Waals surface area contributed by atoms with Crippen LogP contribution in [0.5, 0.6) is 11.5 Å². The van der Waals surface area contributed by atoms with Crippen LogP contribution in [0.3, 0.4) is 0 Å². The normalized spacial score (nSPS) is 15.2. The van der Waals surface area contributed by atoms with Gasteiger partial charge in [0.2, 0.25) is 0 Å². The minimum Gasteiger partial charge on any atom is -0.456 e. The molecule has 0 aromatic heterocycles. The Morgan fingerprint density at radius 1 is 0.388 bits per heavy atom. The Morgan fingerprint density at radius 3 is 1.71 bits per heavy atom. The van der Waals surface area contributed by atoms with Crippen LogP contribution in [0, 0.1) is 0 Å². The predicted octanol–water partition coefficient (Wildman–Crippen LogP) is 12.4. The van der Waals surface area contributed by atoms with Crippen LogP contribution in [0.1, 0.15) is 47.2 Å². The molecular formula is C48H32O. The van der Waals surface area contributed by atoms with E-state index in [1.165, 1.54) is 82.9 Å². The Hall–Kier alpha value is -5.92. The Bertz CT molecular complexity index is 2680. The van der Waals surface area contributed by atoms with E-state index in [4.69, 9.17) is 4.74 Å². The lowest BCUT2D eigenvalue weighted by Gasteiger charge is -2.40. The van der Waals surface area contributed by atoms with Crippen LogP contribution < -0.4 is 4.74 Å². The summed E-state index contributed by atoms with van der Waals surface area (Å²) in [4.78, 5) is 0. The molecule has 0 saturated carbocycles. The summed E-state index contributed by atoms with van der Waals surface area (Å²) in [7, 11) is 0. The second-order valence-electron chi connectivity index (χ2n) is 14.4. The lowest BCUT2D eigenvalue weighted by Crippen LogP contribution is -2.32. The number of ether oxygens (including phenoxy) is 1. The van der Waals surface area contributed by atoms with Gasteiger partial charge in [0.15, 0.2) is 0 Å². The summed E-state index contributed by atoms with van der Waals surface area (Å²) < 4.78 is 6.99. The molecule has 1 nitrogen and oxygen atoms in total. The predicted molar refractivity (Wildman–Crippen MR) is 202 cm³/mol. The molecule has 0 saturated heterocycles. The summed E-state index contributed by atoms with van der Waals surface area (Å²) in [6, 6.07) is 58.6. The first kappa shape index (κ1) is 27.1. The number of hydrogen-bond acceptors (Lipinski definition) is 1. The molecule has 3 aliphatic rings. The first-order valence-electron chi connectivity index (χ1n) is 17.3. The third kappa shape index (κ3) is 3.35. The number of hydrogen-bond donors (Lipinski definition) is 0. The monoisotopic (exact) mass is 624 g/mol.